The van der Waals surface area contributed by atoms with Crippen LogP contribution in [0.2, 0.25) is 0 Å². The first kappa shape index (κ1) is 10.7. The molecule has 1 aromatic carbocycles. The number of anilines is 1. The van der Waals surface area contributed by atoms with Crippen LogP contribution >= 0.6 is 0 Å². The second-order valence-corrected chi connectivity index (χ2v) is 4.13. The predicted molar refractivity (Wildman–Crippen MR) is 67.9 cm³/mol. The molecule has 0 aliphatic carbocycles. The van der Waals surface area contributed by atoms with E-state index in [-0.39, 0.29) is 0 Å². The summed E-state index contributed by atoms with van der Waals surface area (Å²) >= 11 is 0. The molecular weight excluding hydrogens is 228 g/mol. The van der Waals surface area contributed by atoms with Crippen LogP contribution in [0.25, 0.3) is 5.70 Å². The number of aldehydes is 1. The van der Waals surface area contributed by atoms with E-state index in [0.717, 1.165) is 23.5 Å². The van der Waals surface area contributed by atoms with Gasteiger partial charge in [0, 0.05) is 12.6 Å². The molecule has 5 nitrogen and oxygen atoms in total. The highest BCUT2D eigenvalue weighted by Crippen LogP contribution is 2.30. The summed E-state index contributed by atoms with van der Waals surface area (Å²) < 4.78 is 1.72. The second-order valence-electron chi connectivity index (χ2n) is 4.13. The van der Waals surface area contributed by atoms with Crippen molar-refractivity contribution < 1.29 is 4.79 Å². The molecule has 0 bridgehead atoms. The van der Waals surface area contributed by atoms with Crippen LogP contribution in [-0.4, -0.2) is 28.1 Å². The van der Waals surface area contributed by atoms with Crippen molar-refractivity contribution in [1.29, 1.82) is 0 Å². The number of carbonyl (C=O) groups is 1. The fraction of sp³-hybridized carbons (Fsp3) is 0.154. The maximum Gasteiger partial charge on any atom is 0.228 e. The van der Waals surface area contributed by atoms with Crippen molar-refractivity contribution in [2.24, 2.45) is 0 Å². The lowest BCUT2D eigenvalue weighted by Gasteiger charge is -2.28. The summed E-state index contributed by atoms with van der Waals surface area (Å²) in [6.45, 7) is 0.466. The van der Waals surface area contributed by atoms with Gasteiger partial charge in [-0.15, -0.1) is 0 Å². The van der Waals surface area contributed by atoms with Gasteiger partial charge in [0.1, 0.15) is 12.6 Å². The average molecular weight is 240 g/mol. The lowest BCUT2D eigenvalue weighted by Crippen LogP contribution is -2.28. The molecule has 2 heterocycles. The van der Waals surface area contributed by atoms with Crippen LogP contribution in [0, 0.1) is 0 Å². The fourth-order valence-electron chi connectivity index (χ4n) is 2.25. The highest BCUT2D eigenvalue weighted by molar-refractivity contribution is 5.93. The van der Waals surface area contributed by atoms with Crippen molar-refractivity contribution in [3.63, 3.8) is 0 Å². The molecule has 0 saturated carbocycles. The molecule has 0 spiro atoms. The molecule has 90 valence electrons. The Morgan fingerprint density at radius 1 is 1.28 bits per heavy atom. The van der Waals surface area contributed by atoms with Gasteiger partial charge in [0.15, 0.2) is 0 Å². The molecule has 0 fully saturated rings. The van der Waals surface area contributed by atoms with Crippen LogP contribution < -0.4 is 4.90 Å². The van der Waals surface area contributed by atoms with E-state index in [1.54, 1.807) is 4.68 Å². The van der Waals surface area contributed by atoms with Crippen molar-refractivity contribution >= 4 is 17.9 Å². The van der Waals surface area contributed by atoms with E-state index in [9.17, 15) is 4.79 Å². The molecule has 2 aromatic rings. The third kappa shape index (κ3) is 1.52. The normalized spacial score (nSPS) is 14.6. The van der Waals surface area contributed by atoms with Crippen molar-refractivity contribution in [2.45, 2.75) is 6.54 Å². The van der Waals surface area contributed by atoms with E-state index >= 15 is 0 Å². The Kier molecular flexibility index (Phi) is 2.44. The summed E-state index contributed by atoms with van der Waals surface area (Å²) in [6.07, 6.45) is 2.39. The molecule has 0 saturated heterocycles. The summed E-state index contributed by atoms with van der Waals surface area (Å²) in [5.74, 6) is 0.749. The maximum atomic E-state index is 11.3. The fourth-order valence-corrected chi connectivity index (χ4v) is 2.25. The van der Waals surface area contributed by atoms with Crippen molar-refractivity contribution in [3.05, 3.63) is 47.8 Å². The van der Waals surface area contributed by atoms with E-state index in [4.69, 9.17) is 0 Å². The maximum absolute atomic E-state index is 11.3. The molecule has 5 heteroatoms. The zero-order valence-electron chi connectivity index (χ0n) is 9.95. The SMILES string of the molecule is CN1C(c2ccccc2)=C(C=O)Cn2ncnc21. The van der Waals surface area contributed by atoms with Gasteiger partial charge >= 0.3 is 0 Å². The number of hydrogen-bond donors (Lipinski definition) is 0. The smallest absolute Gasteiger partial charge is 0.228 e. The highest BCUT2D eigenvalue weighted by atomic mass is 16.1. The molecular formula is C13H12N4O. The van der Waals surface area contributed by atoms with Crippen LogP contribution in [-0.2, 0) is 11.3 Å². The number of hydrogen-bond acceptors (Lipinski definition) is 4. The van der Waals surface area contributed by atoms with Gasteiger partial charge in [-0.05, 0) is 5.56 Å². The minimum atomic E-state index is 0.466. The Morgan fingerprint density at radius 3 is 2.78 bits per heavy atom. The molecule has 0 unspecified atom stereocenters. The van der Waals surface area contributed by atoms with Crippen molar-refractivity contribution in [3.8, 4) is 0 Å². The average Bonchev–Trinajstić information content (AvgIpc) is 2.88. The molecule has 1 aliphatic rings. The summed E-state index contributed by atoms with van der Waals surface area (Å²) in [6, 6.07) is 9.84. The molecule has 1 aliphatic heterocycles. The zero-order chi connectivity index (χ0) is 12.5. The lowest BCUT2D eigenvalue weighted by molar-refractivity contribution is -0.105. The number of aromatic nitrogens is 3. The largest absolute Gasteiger partial charge is 0.313 e. The van der Waals surface area contributed by atoms with E-state index in [0.29, 0.717) is 12.1 Å². The lowest BCUT2D eigenvalue weighted by atomic mass is 10.0. The molecule has 0 radical (unpaired) electrons. The van der Waals surface area contributed by atoms with Gasteiger partial charge in [-0.1, -0.05) is 30.3 Å². The topological polar surface area (TPSA) is 51.0 Å². The van der Waals surface area contributed by atoms with Gasteiger partial charge in [0.25, 0.3) is 0 Å². The Balaban J connectivity index is 2.16. The minimum Gasteiger partial charge on any atom is -0.313 e. The van der Waals surface area contributed by atoms with Gasteiger partial charge < -0.3 is 4.90 Å². The number of allylic oxidation sites excluding steroid dienone is 1. The molecule has 18 heavy (non-hydrogen) atoms. The highest BCUT2D eigenvalue weighted by Gasteiger charge is 2.24. The Hall–Kier alpha value is -2.43. The standard InChI is InChI=1S/C13H12N4O/c1-16-12(10-5-3-2-4-6-10)11(8-18)7-17-13(16)14-9-15-17/h2-6,8-9H,7H2,1H3. The van der Waals surface area contributed by atoms with Gasteiger partial charge in [-0.3, -0.25) is 4.79 Å². The van der Waals surface area contributed by atoms with Gasteiger partial charge in [0.05, 0.1) is 12.2 Å². The summed E-state index contributed by atoms with van der Waals surface area (Å²) in [4.78, 5) is 17.4. The molecule has 0 atom stereocenters. The summed E-state index contributed by atoms with van der Waals surface area (Å²) in [7, 11) is 1.89. The monoisotopic (exact) mass is 240 g/mol. The second kappa shape index (κ2) is 4.10. The van der Waals surface area contributed by atoms with Gasteiger partial charge in [0.2, 0.25) is 5.95 Å². The zero-order valence-corrected chi connectivity index (χ0v) is 9.95. The van der Waals surface area contributed by atoms with Crippen LogP contribution in [0.4, 0.5) is 5.95 Å². The molecule has 0 amide bonds. The van der Waals surface area contributed by atoms with Gasteiger partial charge in [-0.25, -0.2) is 4.68 Å². The number of benzene rings is 1. The van der Waals surface area contributed by atoms with E-state index < -0.39 is 0 Å². The Bertz CT molecular complexity index is 615. The predicted octanol–water partition coefficient (Wildman–Crippen LogP) is 1.34. The Morgan fingerprint density at radius 2 is 2.06 bits per heavy atom. The number of nitrogens with zero attached hydrogens (tertiary/aromatic N) is 4. The van der Waals surface area contributed by atoms with Crippen LogP contribution in [0.3, 0.4) is 0 Å². The van der Waals surface area contributed by atoms with Crippen LogP contribution in [0.1, 0.15) is 5.56 Å². The summed E-state index contributed by atoms with van der Waals surface area (Å²) in [5.41, 5.74) is 2.61. The number of rotatable bonds is 2. The van der Waals surface area contributed by atoms with E-state index in [1.807, 2.05) is 42.3 Å². The van der Waals surface area contributed by atoms with Crippen molar-refractivity contribution in [1.82, 2.24) is 14.8 Å². The minimum absolute atomic E-state index is 0.466. The molecule has 0 N–H and O–H groups in total. The Labute approximate surface area is 104 Å². The number of fused-ring (bicyclic) bond motifs is 1. The first-order chi connectivity index (χ1) is 8.81. The number of carbonyl (C=O) groups excluding carboxylic acids is 1. The van der Waals surface area contributed by atoms with Crippen LogP contribution in [0.15, 0.2) is 42.2 Å². The molecule has 1 aromatic heterocycles. The first-order valence-corrected chi connectivity index (χ1v) is 5.66. The van der Waals surface area contributed by atoms with Crippen LogP contribution in [0.5, 0.6) is 0 Å². The first-order valence-electron chi connectivity index (χ1n) is 5.66. The van der Waals surface area contributed by atoms with Gasteiger partial charge in [-0.2, -0.15) is 10.1 Å². The third-order valence-electron chi connectivity index (χ3n) is 3.04. The van der Waals surface area contributed by atoms with Crippen molar-refractivity contribution in [2.75, 3.05) is 11.9 Å². The molecule has 3 rings (SSSR count). The van der Waals surface area contributed by atoms with E-state index in [2.05, 4.69) is 10.1 Å². The quantitative estimate of drug-likeness (QED) is 0.743. The van der Waals surface area contributed by atoms with E-state index in [1.165, 1.54) is 6.33 Å². The third-order valence-corrected chi connectivity index (χ3v) is 3.04. The summed E-state index contributed by atoms with van der Waals surface area (Å²) in [5, 5.41) is 4.10.